The number of hydrogen-bond donors (Lipinski definition) is 1. The fraction of sp³-hybridized carbons (Fsp3) is 0.429. The van der Waals surface area contributed by atoms with Gasteiger partial charge in [-0.15, -0.1) is 10.2 Å². The van der Waals surface area contributed by atoms with Crippen molar-refractivity contribution in [2.75, 3.05) is 5.75 Å². The Morgan fingerprint density at radius 1 is 1.55 bits per heavy atom. The highest BCUT2D eigenvalue weighted by Crippen LogP contribution is 2.23. The topological polar surface area (TPSA) is 105 Å². The van der Waals surface area contributed by atoms with Gasteiger partial charge in [-0.2, -0.15) is 5.26 Å². The van der Waals surface area contributed by atoms with Crippen LogP contribution in [-0.4, -0.2) is 27.4 Å². The molecule has 0 aliphatic rings. The number of nitrogens with one attached hydrogen (secondary N) is 1. The number of rotatable bonds is 6. The van der Waals surface area contributed by atoms with Gasteiger partial charge in [-0.05, 0) is 25.0 Å². The SMILES string of the molecule is CC(C)[C@](C)(C#N)NC(=O)CSc1nnc(-c2ccco2)o1. The van der Waals surface area contributed by atoms with E-state index in [-0.39, 0.29) is 28.7 Å². The lowest BCUT2D eigenvalue weighted by atomic mass is 9.90. The second kappa shape index (κ2) is 6.66. The number of carbonyl (C=O) groups is 1. The standard InChI is InChI=1S/C14H16N4O3S/c1-9(2)14(3,8-15)16-11(19)7-22-13-18-17-12(21-13)10-5-4-6-20-10/h4-6,9H,7H2,1-3H3,(H,16,19)/t14-/m0/s1. The van der Waals surface area contributed by atoms with Crippen LogP contribution >= 0.6 is 11.8 Å². The van der Waals surface area contributed by atoms with Gasteiger partial charge in [0.2, 0.25) is 5.91 Å². The van der Waals surface area contributed by atoms with Crippen LogP contribution in [0.5, 0.6) is 0 Å². The molecule has 2 rings (SSSR count). The molecule has 8 heteroatoms. The zero-order valence-corrected chi connectivity index (χ0v) is 13.3. The van der Waals surface area contributed by atoms with Crippen molar-refractivity contribution >= 4 is 17.7 Å². The van der Waals surface area contributed by atoms with E-state index in [0.717, 1.165) is 11.8 Å². The Morgan fingerprint density at radius 2 is 2.32 bits per heavy atom. The maximum absolute atomic E-state index is 11.9. The van der Waals surface area contributed by atoms with Crippen molar-refractivity contribution in [2.45, 2.75) is 31.5 Å². The summed E-state index contributed by atoms with van der Waals surface area (Å²) in [6.45, 7) is 5.45. The van der Waals surface area contributed by atoms with Gasteiger partial charge in [0.15, 0.2) is 5.76 Å². The van der Waals surface area contributed by atoms with Gasteiger partial charge >= 0.3 is 0 Å². The number of thioether (sulfide) groups is 1. The van der Waals surface area contributed by atoms with Gasteiger partial charge in [-0.25, -0.2) is 0 Å². The molecule has 1 atom stereocenters. The number of nitriles is 1. The zero-order valence-electron chi connectivity index (χ0n) is 12.5. The Bertz CT molecular complexity index is 675. The summed E-state index contributed by atoms with van der Waals surface area (Å²) >= 11 is 1.11. The molecule has 0 unspecified atom stereocenters. The maximum atomic E-state index is 11.9. The summed E-state index contributed by atoms with van der Waals surface area (Å²) in [6.07, 6.45) is 1.51. The Labute approximate surface area is 132 Å². The highest BCUT2D eigenvalue weighted by atomic mass is 32.2. The Morgan fingerprint density at radius 3 is 2.91 bits per heavy atom. The van der Waals surface area contributed by atoms with E-state index in [1.807, 2.05) is 13.8 Å². The molecular weight excluding hydrogens is 304 g/mol. The summed E-state index contributed by atoms with van der Waals surface area (Å²) in [5.41, 5.74) is -0.897. The molecule has 2 heterocycles. The van der Waals surface area contributed by atoms with Crippen LogP contribution in [-0.2, 0) is 4.79 Å². The van der Waals surface area contributed by atoms with Crippen molar-refractivity contribution in [1.82, 2.24) is 15.5 Å². The molecule has 1 N–H and O–H groups in total. The van der Waals surface area contributed by atoms with Gasteiger partial charge in [-0.1, -0.05) is 25.6 Å². The summed E-state index contributed by atoms with van der Waals surface area (Å²) in [4.78, 5) is 11.9. The van der Waals surface area contributed by atoms with Gasteiger partial charge in [-0.3, -0.25) is 4.79 Å². The highest BCUT2D eigenvalue weighted by molar-refractivity contribution is 7.99. The van der Waals surface area contributed by atoms with E-state index >= 15 is 0 Å². The monoisotopic (exact) mass is 320 g/mol. The number of aromatic nitrogens is 2. The van der Waals surface area contributed by atoms with Crippen LogP contribution in [0, 0.1) is 17.2 Å². The van der Waals surface area contributed by atoms with E-state index in [2.05, 4.69) is 21.6 Å². The first kappa shape index (κ1) is 16.1. The van der Waals surface area contributed by atoms with Gasteiger partial charge in [0.05, 0.1) is 18.1 Å². The fourth-order valence-corrected chi connectivity index (χ4v) is 2.09. The predicted octanol–water partition coefficient (Wildman–Crippen LogP) is 2.48. The van der Waals surface area contributed by atoms with E-state index in [9.17, 15) is 10.1 Å². The van der Waals surface area contributed by atoms with Crippen LogP contribution in [0.2, 0.25) is 0 Å². The molecule has 7 nitrogen and oxygen atoms in total. The largest absolute Gasteiger partial charge is 0.459 e. The van der Waals surface area contributed by atoms with Gasteiger partial charge in [0.25, 0.3) is 11.1 Å². The zero-order chi connectivity index (χ0) is 16.2. The molecule has 0 saturated heterocycles. The minimum Gasteiger partial charge on any atom is -0.459 e. The average molecular weight is 320 g/mol. The van der Waals surface area contributed by atoms with Crippen molar-refractivity contribution in [3.05, 3.63) is 18.4 Å². The van der Waals surface area contributed by atoms with Gasteiger partial charge in [0.1, 0.15) is 5.54 Å². The molecule has 0 aromatic carbocycles. The third-order valence-corrected chi connectivity index (χ3v) is 4.07. The Kier molecular flexibility index (Phi) is 4.88. The minimum absolute atomic E-state index is 0.000379. The quantitative estimate of drug-likeness (QED) is 0.815. The van der Waals surface area contributed by atoms with Crippen molar-refractivity contribution in [3.63, 3.8) is 0 Å². The summed E-state index contributed by atoms with van der Waals surface area (Å²) in [5, 5.41) is 19.8. The first-order valence-corrected chi connectivity index (χ1v) is 7.65. The molecule has 0 saturated carbocycles. The second-order valence-electron chi connectivity index (χ2n) is 5.16. The van der Waals surface area contributed by atoms with Crippen LogP contribution in [0.1, 0.15) is 20.8 Å². The van der Waals surface area contributed by atoms with E-state index in [1.165, 1.54) is 6.26 Å². The molecule has 0 fully saturated rings. The Hall–Kier alpha value is -2.27. The summed E-state index contributed by atoms with van der Waals surface area (Å²) < 4.78 is 10.5. The number of hydrogen-bond acceptors (Lipinski definition) is 7. The van der Waals surface area contributed by atoms with Crippen LogP contribution in [0.3, 0.4) is 0 Å². The normalized spacial score (nSPS) is 13.6. The Balaban J connectivity index is 1.91. The summed E-state index contributed by atoms with van der Waals surface area (Å²) in [6, 6.07) is 5.55. The number of furan rings is 1. The van der Waals surface area contributed by atoms with E-state index < -0.39 is 5.54 Å². The first-order chi connectivity index (χ1) is 10.4. The molecule has 1 amide bonds. The lowest BCUT2D eigenvalue weighted by Gasteiger charge is -2.27. The van der Waals surface area contributed by atoms with Crippen molar-refractivity contribution < 1.29 is 13.6 Å². The van der Waals surface area contributed by atoms with Crippen LogP contribution < -0.4 is 5.32 Å². The maximum Gasteiger partial charge on any atom is 0.284 e. The number of carbonyl (C=O) groups excluding carboxylic acids is 1. The van der Waals surface area contributed by atoms with E-state index in [1.54, 1.807) is 19.1 Å². The van der Waals surface area contributed by atoms with Gasteiger partial charge in [0, 0.05) is 0 Å². The number of amides is 1. The smallest absolute Gasteiger partial charge is 0.284 e. The molecule has 0 aliphatic carbocycles. The second-order valence-corrected chi connectivity index (χ2v) is 6.08. The first-order valence-electron chi connectivity index (χ1n) is 6.67. The molecule has 116 valence electrons. The molecule has 0 aliphatic heterocycles. The van der Waals surface area contributed by atoms with Crippen LogP contribution in [0.4, 0.5) is 0 Å². The molecular formula is C14H16N4O3S. The molecule has 0 radical (unpaired) electrons. The minimum atomic E-state index is -0.897. The fourth-order valence-electron chi connectivity index (χ4n) is 1.52. The molecule has 0 spiro atoms. The van der Waals surface area contributed by atoms with Crippen LogP contribution in [0.15, 0.2) is 32.5 Å². The predicted molar refractivity (Wildman–Crippen MR) is 79.7 cm³/mol. The number of nitrogens with zero attached hydrogens (tertiary/aromatic N) is 3. The third kappa shape index (κ3) is 3.68. The van der Waals surface area contributed by atoms with Crippen molar-refractivity contribution in [1.29, 1.82) is 5.26 Å². The molecule has 2 aromatic rings. The molecule has 22 heavy (non-hydrogen) atoms. The van der Waals surface area contributed by atoms with E-state index in [0.29, 0.717) is 5.76 Å². The molecule has 0 bridgehead atoms. The lowest BCUT2D eigenvalue weighted by molar-refractivity contribution is -0.120. The molecule has 2 aromatic heterocycles. The van der Waals surface area contributed by atoms with Crippen molar-refractivity contribution in [3.8, 4) is 17.7 Å². The van der Waals surface area contributed by atoms with Crippen molar-refractivity contribution in [2.24, 2.45) is 5.92 Å². The summed E-state index contributed by atoms with van der Waals surface area (Å²) in [7, 11) is 0. The van der Waals surface area contributed by atoms with E-state index in [4.69, 9.17) is 8.83 Å². The summed E-state index contributed by atoms with van der Waals surface area (Å²) in [5.74, 6) is 0.558. The highest BCUT2D eigenvalue weighted by Gasteiger charge is 2.30. The van der Waals surface area contributed by atoms with Crippen LogP contribution in [0.25, 0.3) is 11.7 Å². The lowest BCUT2D eigenvalue weighted by Crippen LogP contribution is -2.49. The van der Waals surface area contributed by atoms with Gasteiger partial charge < -0.3 is 14.2 Å². The average Bonchev–Trinajstić information content (AvgIpc) is 3.15. The third-order valence-electron chi connectivity index (χ3n) is 3.25.